The number of nitrogens with zero attached hydrogens (tertiary/aromatic N) is 2. The van der Waals surface area contributed by atoms with Gasteiger partial charge in [-0.2, -0.15) is 0 Å². The van der Waals surface area contributed by atoms with Crippen molar-refractivity contribution in [1.82, 2.24) is 9.80 Å². The van der Waals surface area contributed by atoms with E-state index in [1.54, 1.807) is 0 Å². The van der Waals surface area contributed by atoms with Gasteiger partial charge in [0.1, 0.15) is 0 Å². The fourth-order valence-electron chi connectivity index (χ4n) is 5.04. The quantitative estimate of drug-likeness (QED) is 0.723. The van der Waals surface area contributed by atoms with Crippen molar-refractivity contribution < 1.29 is 33.6 Å². The Hall–Kier alpha value is -1.91. The number of rotatable bonds is 4. The molecule has 176 valence electrons. The number of carbonyl (C=O) groups excluding carboxylic acids is 1. The number of hydrogen-bond acceptors (Lipinski definition) is 8. The van der Waals surface area contributed by atoms with Crippen LogP contribution in [0.1, 0.15) is 24.8 Å². The number of carbonyl (C=O) groups is 1. The van der Waals surface area contributed by atoms with E-state index >= 15 is 0 Å². The molecule has 0 radical (unpaired) electrons. The third-order valence-electron chi connectivity index (χ3n) is 6.68. The Balaban J connectivity index is 1.24. The molecule has 1 N–H and O–H groups in total. The van der Waals surface area contributed by atoms with Gasteiger partial charge in [-0.3, -0.25) is 9.69 Å². The van der Waals surface area contributed by atoms with Gasteiger partial charge in [0.25, 0.3) is 0 Å². The molecule has 1 aromatic carbocycles. The van der Waals surface area contributed by atoms with Gasteiger partial charge in [-0.1, -0.05) is 6.07 Å². The van der Waals surface area contributed by atoms with Crippen molar-refractivity contribution >= 4 is 5.91 Å². The molecule has 0 bridgehead atoms. The molecule has 32 heavy (non-hydrogen) atoms. The van der Waals surface area contributed by atoms with Crippen molar-refractivity contribution in [3.8, 4) is 11.5 Å². The van der Waals surface area contributed by atoms with Crippen LogP contribution < -0.4 is 9.47 Å². The van der Waals surface area contributed by atoms with Crippen LogP contribution in [-0.2, 0) is 25.5 Å². The first-order valence-electron chi connectivity index (χ1n) is 11.5. The molecule has 0 aromatic heterocycles. The van der Waals surface area contributed by atoms with E-state index in [2.05, 4.69) is 4.90 Å². The van der Waals surface area contributed by atoms with Gasteiger partial charge >= 0.3 is 0 Å². The second kappa shape index (κ2) is 9.93. The van der Waals surface area contributed by atoms with Crippen LogP contribution in [0.3, 0.4) is 0 Å². The summed E-state index contributed by atoms with van der Waals surface area (Å²) in [6.45, 7) is 4.65. The monoisotopic (exact) mass is 448 g/mol. The SMILES string of the molecule is O=C(C[C@@H]1CC[C@H]2[C@@H](COC[C@@H](O)CN2Cc2ccc3c(c2)OCO3)O1)N1CCOCC1. The molecule has 9 heteroatoms. The molecule has 0 aliphatic carbocycles. The van der Waals surface area contributed by atoms with Gasteiger partial charge in [-0.25, -0.2) is 0 Å². The zero-order valence-corrected chi connectivity index (χ0v) is 18.3. The lowest BCUT2D eigenvalue weighted by molar-refractivity contribution is -0.162. The number of aliphatic hydroxyl groups is 1. The number of β-amino-alcohol motifs (C(OH)–C–C–N with tert-alkyl or cyclic N) is 1. The number of aliphatic hydroxyl groups excluding tert-OH is 1. The molecule has 1 amide bonds. The Morgan fingerprint density at radius 2 is 1.91 bits per heavy atom. The molecule has 0 unspecified atom stereocenters. The number of hydrogen-bond donors (Lipinski definition) is 1. The number of morpholine rings is 1. The molecule has 5 rings (SSSR count). The molecule has 4 aliphatic heterocycles. The van der Waals surface area contributed by atoms with Crippen molar-refractivity contribution in [2.75, 3.05) is 52.9 Å². The summed E-state index contributed by atoms with van der Waals surface area (Å²) < 4.78 is 28.4. The highest BCUT2D eigenvalue weighted by molar-refractivity contribution is 5.76. The summed E-state index contributed by atoms with van der Waals surface area (Å²) in [5.41, 5.74) is 1.10. The van der Waals surface area contributed by atoms with E-state index in [4.69, 9.17) is 23.7 Å². The lowest BCUT2D eigenvalue weighted by Crippen LogP contribution is -2.55. The zero-order valence-electron chi connectivity index (χ0n) is 18.3. The van der Waals surface area contributed by atoms with Gasteiger partial charge in [-0.05, 0) is 30.5 Å². The van der Waals surface area contributed by atoms with Crippen LogP contribution in [0, 0.1) is 0 Å². The predicted molar refractivity (Wildman–Crippen MR) is 113 cm³/mol. The first kappa shape index (κ1) is 21.9. The lowest BCUT2D eigenvalue weighted by Gasteiger charge is -2.44. The maximum Gasteiger partial charge on any atom is 0.231 e. The highest BCUT2D eigenvalue weighted by Gasteiger charge is 2.38. The van der Waals surface area contributed by atoms with Crippen molar-refractivity contribution in [2.45, 2.75) is 50.2 Å². The Morgan fingerprint density at radius 1 is 1.06 bits per heavy atom. The van der Waals surface area contributed by atoms with E-state index in [0.29, 0.717) is 52.4 Å². The van der Waals surface area contributed by atoms with E-state index < -0.39 is 6.10 Å². The molecule has 3 saturated heterocycles. The minimum absolute atomic E-state index is 0.105. The van der Waals surface area contributed by atoms with Crippen LogP contribution in [0.4, 0.5) is 0 Å². The summed E-state index contributed by atoms with van der Waals surface area (Å²) >= 11 is 0. The number of fused-ring (bicyclic) bond motifs is 2. The molecular formula is C23H32N2O7. The summed E-state index contributed by atoms with van der Waals surface area (Å²) in [6, 6.07) is 6.10. The molecule has 3 fully saturated rings. The van der Waals surface area contributed by atoms with Crippen molar-refractivity contribution in [3.63, 3.8) is 0 Å². The summed E-state index contributed by atoms with van der Waals surface area (Å²) in [6.07, 6.45) is 1.32. The molecule has 0 spiro atoms. The van der Waals surface area contributed by atoms with Crippen LogP contribution in [0.2, 0.25) is 0 Å². The van der Waals surface area contributed by atoms with E-state index in [-0.39, 0.29) is 37.6 Å². The highest BCUT2D eigenvalue weighted by atomic mass is 16.7. The van der Waals surface area contributed by atoms with Gasteiger partial charge < -0.3 is 33.7 Å². The van der Waals surface area contributed by atoms with Gasteiger partial charge in [0.15, 0.2) is 11.5 Å². The normalized spacial score (nSPS) is 31.0. The minimum atomic E-state index is -0.550. The zero-order chi connectivity index (χ0) is 21.9. The Bertz CT molecular complexity index is 801. The van der Waals surface area contributed by atoms with Crippen molar-refractivity contribution in [2.24, 2.45) is 0 Å². The first-order valence-corrected chi connectivity index (χ1v) is 11.5. The predicted octanol–water partition coefficient (Wildman–Crippen LogP) is 0.774. The molecule has 4 atom stereocenters. The van der Waals surface area contributed by atoms with Crippen LogP contribution in [0.25, 0.3) is 0 Å². The second-order valence-corrected chi connectivity index (χ2v) is 8.95. The molecule has 4 aliphatic rings. The standard InChI is InChI=1S/C23H32N2O7/c26-17-12-25(11-16-1-4-20-21(9-16)31-15-30-20)19-3-2-18(32-22(19)14-29-13-17)10-23(27)24-5-7-28-8-6-24/h1,4,9,17-19,22,26H,2-3,5-8,10-15H2/t17-,18-,19-,22+/m0/s1. The average Bonchev–Trinajstić information content (AvgIpc) is 3.26. The third kappa shape index (κ3) is 5.02. The Labute approximate surface area is 188 Å². The van der Waals surface area contributed by atoms with Crippen LogP contribution in [0.15, 0.2) is 18.2 Å². The topological polar surface area (TPSA) is 89.9 Å². The lowest BCUT2D eigenvalue weighted by atomic mass is 9.94. The molecule has 4 heterocycles. The van der Waals surface area contributed by atoms with E-state index in [0.717, 1.165) is 29.9 Å². The van der Waals surface area contributed by atoms with E-state index in [1.807, 2.05) is 23.1 Å². The number of ether oxygens (including phenoxy) is 5. The largest absolute Gasteiger partial charge is 0.454 e. The second-order valence-electron chi connectivity index (χ2n) is 8.95. The summed E-state index contributed by atoms with van der Waals surface area (Å²) in [5.74, 6) is 1.66. The highest BCUT2D eigenvalue weighted by Crippen LogP contribution is 2.34. The minimum Gasteiger partial charge on any atom is -0.454 e. The molecule has 1 aromatic rings. The number of amides is 1. The molecule has 9 nitrogen and oxygen atoms in total. The fourth-order valence-corrected chi connectivity index (χ4v) is 5.04. The maximum atomic E-state index is 12.7. The first-order chi connectivity index (χ1) is 15.7. The van der Waals surface area contributed by atoms with Crippen molar-refractivity contribution in [3.05, 3.63) is 23.8 Å². The van der Waals surface area contributed by atoms with Gasteiger partial charge in [0, 0.05) is 32.2 Å². The third-order valence-corrected chi connectivity index (χ3v) is 6.68. The van der Waals surface area contributed by atoms with Crippen molar-refractivity contribution in [1.29, 1.82) is 0 Å². The van der Waals surface area contributed by atoms with E-state index in [1.165, 1.54) is 0 Å². The van der Waals surface area contributed by atoms with Gasteiger partial charge in [-0.15, -0.1) is 0 Å². The number of benzene rings is 1. The Kier molecular flexibility index (Phi) is 6.80. The summed E-state index contributed by atoms with van der Waals surface area (Å²) in [5, 5.41) is 10.4. The van der Waals surface area contributed by atoms with Crippen LogP contribution >= 0.6 is 0 Å². The Morgan fingerprint density at radius 3 is 2.78 bits per heavy atom. The smallest absolute Gasteiger partial charge is 0.231 e. The molecular weight excluding hydrogens is 416 g/mol. The summed E-state index contributed by atoms with van der Waals surface area (Å²) in [7, 11) is 0. The van der Waals surface area contributed by atoms with Crippen LogP contribution in [-0.4, -0.2) is 98.0 Å². The molecule has 0 saturated carbocycles. The fraction of sp³-hybridized carbons (Fsp3) is 0.696. The van der Waals surface area contributed by atoms with E-state index in [9.17, 15) is 9.90 Å². The summed E-state index contributed by atoms with van der Waals surface area (Å²) in [4.78, 5) is 16.8. The average molecular weight is 449 g/mol. The van der Waals surface area contributed by atoms with Gasteiger partial charge in [0.2, 0.25) is 12.7 Å². The maximum absolute atomic E-state index is 12.7. The van der Waals surface area contributed by atoms with Gasteiger partial charge in [0.05, 0.1) is 51.2 Å². The van der Waals surface area contributed by atoms with Crippen LogP contribution in [0.5, 0.6) is 11.5 Å².